The standard InChI is InChI=1S/C11H17F7O/c1-6-8(4,12)11(17,18)19-7(2,3)9(5,13)10(14,15)16/h6H2,1-5H3. The summed E-state index contributed by atoms with van der Waals surface area (Å²) in [5.41, 5.74) is -10.2. The molecule has 1 nitrogen and oxygen atoms in total. The molecule has 0 aromatic rings. The molecule has 0 aromatic heterocycles. The lowest BCUT2D eigenvalue weighted by molar-refractivity contribution is -0.383. The van der Waals surface area contributed by atoms with Gasteiger partial charge in [0.2, 0.25) is 5.67 Å². The number of ether oxygens (including phenoxy) is 1. The van der Waals surface area contributed by atoms with Gasteiger partial charge in [-0.05, 0) is 34.1 Å². The summed E-state index contributed by atoms with van der Waals surface area (Å²) in [6.07, 6.45) is -10.7. The second-order valence-corrected chi connectivity index (χ2v) is 5.18. The van der Waals surface area contributed by atoms with Gasteiger partial charge in [-0.2, -0.15) is 22.0 Å². The van der Waals surface area contributed by atoms with Crippen LogP contribution in [0.15, 0.2) is 0 Å². The van der Waals surface area contributed by atoms with Crippen LogP contribution >= 0.6 is 0 Å². The highest BCUT2D eigenvalue weighted by Gasteiger charge is 2.66. The molecule has 0 aliphatic carbocycles. The molecule has 0 aliphatic rings. The van der Waals surface area contributed by atoms with Crippen molar-refractivity contribution in [3.05, 3.63) is 0 Å². The van der Waals surface area contributed by atoms with E-state index in [1.165, 1.54) is 0 Å². The van der Waals surface area contributed by atoms with Gasteiger partial charge in [-0.15, -0.1) is 0 Å². The van der Waals surface area contributed by atoms with E-state index in [4.69, 9.17) is 0 Å². The highest BCUT2D eigenvalue weighted by molar-refractivity contribution is 5.00. The largest absolute Gasteiger partial charge is 0.425 e. The monoisotopic (exact) mass is 298 g/mol. The predicted molar refractivity (Wildman–Crippen MR) is 55.5 cm³/mol. The number of alkyl halides is 7. The summed E-state index contributed by atoms with van der Waals surface area (Å²) in [6.45, 7) is 2.62. The quantitative estimate of drug-likeness (QED) is 0.662. The minimum absolute atomic E-state index is 0.0740. The molecule has 0 radical (unpaired) electrons. The van der Waals surface area contributed by atoms with Crippen molar-refractivity contribution in [3.8, 4) is 0 Å². The highest BCUT2D eigenvalue weighted by atomic mass is 19.4. The summed E-state index contributed by atoms with van der Waals surface area (Å²) in [6, 6.07) is 0. The van der Waals surface area contributed by atoms with Gasteiger partial charge >= 0.3 is 12.3 Å². The molecule has 0 rings (SSSR count). The fraction of sp³-hybridized carbons (Fsp3) is 1.00. The second kappa shape index (κ2) is 4.79. The molecule has 0 saturated heterocycles. The molecule has 0 amide bonds. The van der Waals surface area contributed by atoms with Gasteiger partial charge in [0.1, 0.15) is 5.60 Å². The first-order valence-corrected chi connectivity index (χ1v) is 5.54. The highest BCUT2D eigenvalue weighted by Crippen LogP contribution is 2.48. The van der Waals surface area contributed by atoms with Crippen LogP contribution in [-0.4, -0.2) is 29.2 Å². The summed E-state index contributed by atoms with van der Waals surface area (Å²) in [4.78, 5) is 0. The molecule has 116 valence electrons. The summed E-state index contributed by atoms with van der Waals surface area (Å²) in [5.74, 6) is 0. The third kappa shape index (κ3) is 3.32. The molecule has 0 spiro atoms. The van der Waals surface area contributed by atoms with Gasteiger partial charge in [0.05, 0.1) is 0 Å². The Hall–Kier alpha value is -0.530. The van der Waals surface area contributed by atoms with Crippen LogP contribution in [-0.2, 0) is 4.74 Å². The van der Waals surface area contributed by atoms with Crippen LogP contribution in [0.2, 0.25) is 0 Å². The van der Waals surface area contributed by atoms with Crippen LogP contribution in [0.25, 0.3) is 0 Å². The van der Waals surface area contributed by atoms with Gasteiger partial charge in [-0.25, -0.2) is 8.78 Å². The van der Waals surface area contributed by atoms with E-state index >= 15 is 0 Å². The molecule has 0 bridgehead atoms. The molecule has 0 heterocycles. The van der Waals surface area contributed by atoms with Crippen LogP contribution < -0.4 is 0 Å². The Bertz CT molecular complexity index is 317. The lowest BCUT2D eigenvalue weighted by Gasteiger charge is -2.42. The van der Waals surface area contributed by atoms with Gasteiger partial charge in [-0.1, -0.05) is 6.92 Å². The first-order chi connectivity index (χ1) is 8.02. The number of halogens is 7. The second-order valence-electron chi connectivity index (χ2n) is 5.18. The van der Waals surface area contributed by atoms with Gasteiger partial charge in [-0.3, -0.25) is 0 Å². The van der Waals surface area contributed by atoms with E-state index in [1.807, 2.05) is 0 Å². The maximum atomic E-state index is 13.7. The fourth-order valence-corrected chi connectivity index (χ4v) is 1.07. The Balaban J connectivity index is 5.39. The first-order valence-electron chi connectivity index (χ1n) is 5.54. The summed E-state index contributed by atoms with van der Waals surface area (Å²) < 4.78 is 95.5. The Morgan fingerprint density at radius 2 is 1.16 bits per heavy atom. The molecule has 2 atom stereocenters. The van der Waals surface area contributed by atoms with Crippen LogP contribution in [0.4, 0.5) is 30.7 Å². The third-order valence-electron chi connectivity index (χ3n) is 3.32. The molecular weight excluding hydrogens is 281 g/mol. The molecule has 19 heavy (non-hydrogen) atoms. The van der Waals surface area contributed by atoms with Crippen LogP contribution in [0.1, 0.15) is 41.0 Å². The lowest BCUT2D eigenvalue weighted by Crippen LogP contribution is -2.60. The lowest BCUT2D eigenvalue weighted by atomic mass is 9.88. The summed E-state index contributed by atoms with van der Waals surface area (Å²) in [7, 11) is 0. The van der Waals surface area contributed by atoms with Crippen molar-refractivity contribution < 1.29 is 35.5 Å². The number of hydrogen-bond acceptors (Lipinski definition) is 1. The minimum Gasteiger partial charge on any atom is -0.308 e. The number of rotatable bonds is 5. The normalized spacial score (nSPS) is 20.8. The Morgan fingerprint density at radius 1 is 0.789 bits per heavy atom. The van der Waals surface area contributed by atoms with Gasteiger partial charge in [0, 0.05) is 0 Å². The number of hydrogen-bond donors (Lipinski definition) is 0. The fourth-order valence-electron chi connectivity index (χ4n) is 1.07. The first kappa shape index (κ1) is 18.5. The smallest absolute Gasteiger partial charge is 0.308 e. The molecular formula is C11H17F7O. The van der Waals surface area contributed by atoms with E-state index in [2.05, 4.69) is 4.74 Å². The zero-order chi connectivity index (χ0) is 15.9. The summed E-state index contributed by atoms with van der Waals surface area (Å²) >= 11 is 0. The third-order valence-corrected chi connectivity index (χ3v) is 3.32. The van der Waals surface area contributed by atoms with Gasteiger partial charge in [0.15, 0.2) is 5.67 Å². The van der Waals surface area contributed by atoms with Crippen molar-refractivity contribution in [1.29, 1.82) is 0 Å². The maximum Gasteiger partial charge on any atom is 0.425 e. The van der Waals surface area contributed by atoms with Gasteiger partial charge in [0.25, 0.3) is 0 Å². The topological polar surface area (TPSA) is 9.23 Å². The molecule has 0 saturated carbocycles. The zero-order valence-electron chi connectivity index (χ0n) is 11.3. The average molecular weight is 298 g/mol. The van der Waals surface area contributed by atoms with Crippen molar-refractivity contribution in [3.63, 3.8) is 0 Å². The summed E-state index contributed by atoms with van der Waals surface area (Å²) in [5, 5.41) is 0. The van der Waals surface area contributed by atoms with Crippen LogP contribution in [0, 0.1) is 0 Å². The van der Waals surface area contributed by atoms with E-state index in [1.54, 1.807) is 0 Å². The van der Waals surface area contributed by atoms with Crippen molar-refractivity contribution >= 4 is 0 Å². The SMILES string of the molecule is CCC(C)(F)C(F)(F)OC(C)(C)C(C)(F)C(F)(F)F. The van der Waals surface area contributed by atoms with E-state index in [0.29, 0.717) is 20.8 Å². The van der Waals surface area contributed by atoms with Crippen LogP contribution in [0.5, 0.6) is 0 Å². The Kier molecular flexibility index (Phi) is 4.65. The Labute approximate surface area is 107 Å². The molecule has 0 aromatic carbocycles. The van der Waals surface area contributed by atoms with Crippen molar-refractivity contribution in [2.24, 2.45) is 0 Å². The molecule has 8 heteroatoms. The van der Waals surface area contributed by atoms with Crippen LogP contribution in [0.3, 0.4) is 0 Å². The van der Waals surface area contributed by atoms with E-state index in [9.17, 15) is 30.7 Å². The Morgan fingerprint density at radius 3 is 1.42 bits per heavy atom. The average Bonchev–Trinajstić information content (AvgIpc) is 2.13. The van der Waals surface area contributed by atoms with Gasteiger partial charge < -0.3 is 4.74 Å². The van der Waals surface area contributed by atoms with Crippen molar-refractivity contribution in [1.82, 2.24) is 0 Å². The van der Waals surface area contributed by atoms with Crippen molar-refractivity contribution in [2.75, 3.05) is 0 Å². The molecule has 0 N–H and O–H groups in total. The van der Waals surface area contributed by atoms with E-state index < -0.39 is 35.6 Å². The molecule has 0 fully saturated rings. The van der Waals surface area contributed by atoms with E-state index in [0.717, 1.165) is 6.92 Å². The van der Waals surface area contributed by atoms with Crippen molar-refractivity contribution in [2.45, 2.75) is 70.3 Å². The molecule has 2 unspecified atom stereocenters. The predicted octanol–water partition coefficient (Wildman–Crippen LogP) is 4.80. The molecule has 0 aliphatic heterocycles. The van der Waals surface area contributed by atoms with E-state index in [-0.39, 0.29) is 6.92 Å². The minimum atomic E-state index is -5.43. The zero-order valence-corrected chi connectivity index (χ0v) is 11.3. The maximum absolute atomic E-state index is 13.7.